The Morgan fingerprint density at radius 2 is 1.26 bits per heavy atom. The molecule has 0 aromatic heterocycles. The van der Waals surface area contributed by atoms with E-state index in [-0.39, 0.29) is 5.91 Å². The van der Waals surface area contributed by atoms with Gasteiger partial charge >= 0.3 is 6.09 Å². The SMILES string of the molecule is CC.CC.COC(=O)Nc1ccc(NC(C)=O)cc1. The van der Waals surface area contributed by atoms with Crippen LogP contribution in [0.25, 0.3) is 0 Å². The Kier molecular flexibility index (Phi) is 12.6. The maximum atomic E-state index is 10.8. The fraction of sp³-hybridized carbons (Fsp3) is 0.429. The lowest BCUT2D eigenvalue weighted by molar-refractivity contribution is -0.114. The number of benzene rings is 1. The number of methoxy groups -OCH3 is 1. The number of carbonyl (C=O) groups excluding carboxylic acids is 2. The number of carbonyl (C=O) groups is 2. The summed E-state index contributed by atoms with van der Waals surface area (Å²) in [6, 6.07) is 6.71. The molecule has 19 heavy (non-hydrogen) atoms. The number of anilines is 2. The Bertz CT molecular complexity index is 361. The van der Waals surface area contributed by atoms with Gasteiger partial charge in [-0.2, -0.15) is 0 Å². The molecule has 2 amide bonds. The van der Waals surface area contributed by atoms with E-state index >= 15 is 0 Å². The summed E-state index contributed by atoms with van der Waals surface area (Å²) in [4.78, 5) is 21.6. The zero-order valence-electron chi connectivity index (χ0n) is 12.5. The minimum absolute atomic E-state index is 0.135. The molecular formula is C14H24N2O3. The van der Waals surface area contributed by atoms with E-state index in [0.717, 1.165) is 0 Å². The molecule has 2 N–H and O–H groups in total. The highest BCUT2D eigenvalue weighted by molar-refractivity contribution is 5.89. The van der Waals surface area contributed by atoms with E-state index in [1.165, 1.54) is 14.0 Å². The first-order valence-corrected chi connectivity index (χ1v) is 6.34. The summed E-state index contributed by atoms with van der Waals surface area (Å²) in [5.41, 5.74) is 1.29. The van der Waals surface area contributed by atoms with Gasteiger partial charge in [0.1, 0.15) is 0 Å². The minimum atomic E-state index is -0.526. The van der Waals surface area contributed by atoms with Crippen molar-refractivity contribution in [2.24, 2.45) is 0 Å². The molecule has 0 heterocycles. The van der Waals surface area contributed by atoms with Gasteiger partial charge in [-0.3, -0.25) is 10.1 Å². The second-order valence-corrected chi connectivity index (χ2v) is 2.88. The van der Waals surface area contributed by atoms with Gasteiger partial charge < -0.3 is 10.1 Å². The molecular weight excluding hydrogens is 244 g/mol. The molecule has 5 nitrogen and oxygen atoms in total. The second-order valence-electron chi connectivity index (χ2n) is 2.88. The predicted molar refractivity (Wildman–Crippen MR) is 79.5 cm³/mol. The van der Waals surface area contributed by atoms with Crippen LogP contribution in [-0.4, -0.2) is 19.1 Å². The second kappa shape index (κ2) is 12.4. The van der Waals surface area contributed by atoms with Crippen LogP contribution in [0.1, 0.15) is 34.6 Å². The van der Waals surface area contributed by atoms with Gasteiger partial charge in [0, 0.05) is 18.3 Å². The van der Waals surface area contributed by atoms with E-state index in [9.17, 15) is 9.59 Å². The number of ether oxygens (including phenoxy) is 1. The van der Waals surface area contributed by atoms with E-state index in [1.807, 2.05) is 27.7 Å². The number of rotatable bonds is 2. The van der Waals surface area contributed by atoms with Crippen molar-refractivity contribution in [1.82, 2.24) is 0 Å². The number of nitrogens with one attached hydrogen (secondary N) is 2. The normalized spacial score (nSPS) is 7.89. The molecule has 108 valence electrons. The summed E-state index contributed by atoms with van der Waals surface area (Å²) >= 11 is 0. The average molecular weight is 268 g/mol. The standard InChI is InChI=1S/C10H12N2O3.2C2H6/c1-7(13)11-8-3-5-9(6-4-8)12-10(14)15-2;2*1-2/h3-6H,1-2H3,(H,11,13)(H,12,14);2*1-2H3. The van der Waals surface area contributed by atoms with E-state index in [2.05, 4.69) is 15.4 Å². The van der Waals surface area contributed by atoms with Gasteiger partial charge in [0.25, 0.3) is 0 Å². The highest BCUT2D eigenvalue weighted by Gasteiger charge is 2.00. The van der Waals surface area contributed by atoms with Crippen molar-refractivity contribution in [1.29, 1.82) is 0 Å². The molecule has 0 aliphatic heterocycles. The monoisotopic (exact) mass is 268 g/mol. The Morgan fingerprint density at radius 3 is 1.58 bits per heavy atom. The van der Waals surface area contributed by atoms with Crippen molar-refractivity contribution in [2.45, 2.75) is 34.6 Å². The smallest absolute Gasteiger partial charge is 0.411 e. The Labute approximate surface area is 115 Å². The van der Waals surface area contributed by atoms with Crippen molar-refractivity contribution in [2.75, 3.05) is 17.7 Å². The molecule has 0 unspecified atom stereocenters. The molecule has 0 aliphatic carbocycles. The van der Waals surface area contributed by atoms with E-state index < -0.39 is 6.09 Å². The van der Waals surface area contributed by atoms with Crippen molar-refractivity contribution in [3.63, 3.8) is 0 Å². The number of amides is 2. The van der Waals surface area contributed by atoms with Gasteiger partial charge in [-0.1, -0.05) is 27.7 Å². The molecule has 0 bridgehead atoms. The number of hydrogen-bond donors (Lipinski definition) is 2. The molecule has 1 aromatic rings. The fourth-order valence-electron chi connectivity index (χ4n) is 1.01. The van der Waals surface area contributed by atoms with Crippen LogP contribution in [0.15, 0.2) is 24.3 Å². The van der Waals surface area contributed by atoms with E-state index in [0.29, 0.717) is 11.4 Å². The van der Waals surface area contributed by atoms with Crippen LogP contribution in [0.4, 0.5) is 16.2 Å². The molecule has 0 fully saturated rings. The van der Waals surface area contributed by atoms with E-state index in [1.54, 1.807) is 24.3 Å². The lowest BCUT2D eigenvalue weighted by Crippen LogP contribution is -2.11. The third-order valence-electron chi connectivity index (χ3n) is 1.64. The van der Waals surface area contributed by atoms with Crippen molar-refractivity contribution in [3.05, 3.63) is 24.3 Å². The molecule has 0 saturated carbocycles. The largest absolute Gasteiger partial charge is 0.453 e. The van der Waals surface area contributed by atoms with Crippen LogP contribution in [0.5, 0.6) is 0 Å². The van der Waals surface area contributed by atoms with Crippen LogP contribution in [0.2, 0.25) is 0 Å². The molecule has 0 aliphatic rings. The summed E-state index contributed by atoms with van der Waals surface area (Å²) in [5.74, 6) is -0.135. The fourth-order valence-corrected chi connectivity index (χ4v) is 1.01. The van der Waals surface area contributed by atoms with Crippen LogP contribution in [-0.2, 0) is 9.53 Å². The molecule has 0 atom stereocenters. The van der Waals surface area contributed by atoms with Gasteiger partial charge in [0.2, 0.25) is 5.91 Å². The molecule has 0 radical (unpaired) electrons. The topological polar surface area (TPSA) is 67.4 Å². The van der Waals surface area contributed by atoms with Gasteiger partial charge in [-0.25, -0.2) is 4.79 Å². The Hall–Kier alpha value is -2.04. The maximum Gasteiger partial charge on any atom is 0.411 e. The van der Waals surface area contributed by atoms with Gasteiger partial charge in [0.15, 0.2) is 0 Å². The first-order valence-electron chi connectivity index (χ1n) is 6.34. The lowest BCUT2D eigenvalue weighted by atomic mass is 10.3. The first-order chi connectivity index (χ1) is 9.11. The molecule has 5 heteroatoms. The summed E-state index contributed by atoms with van der Waals surface area (Å²) in [6.07, 6.45) is -0.526. The highest BCUT2D eigenvalue weighted by atomic mass is 16.5. The van der Waals surface area contributed by atoms with Crippen LogP contribution < -0.4 is 10.6 Å². The van der Waals surface area contributed by atoms with Gasteiger partial charge in [-0.05, 0) is 24.3 Å². The first kappa shape index (κ1) is 19.3. The van der Waals surface area contributed by atoms with Crippen LogP contribution in [0, 0.1) is 0 Å². The van der Waals surface area contributed by atoms with Crippen LogP contribution in [0.3, 0.4) is 0 Å². The van der Waals surface area contributed by atoms with Crippen LogP contribution >= 0.6 is 0 Å². The third kappa shape index (κ3) is 9.64. The van der Waals surface area contributed by atoms with Crippen molar-refractivity contribution >= 4 is 23.4 Å². The Morgan fingerprint density at radius 1 is 0.895 bits per heavy atom. The summed E-state index contributed by atoms with van der Waals surface area (Å²) in [7, 11) is 1.29. The quantitative estimate of drug-likeness (QED) is 0.855. The van der Waals surface area contributed by atoms with Gasteiger partial charge in [-0.15, -0.1) is 0 Å². The average Bonchev–Trinajstić information content (AvgIpc) is 2.45. The van der Waals surface area contributed by atoms with E-state index in [4.69, 9.17) is 0 Å². The van der Waals surface area contributed by atoms with Gasteiger partial charge in [0.05, 0.1) is 7.11 Å². The zero-order valence-corrected chi connectivity index (χ0v) is 12.5. The van der Waals surface area contributed by atoms with Crippen molar-refractivity contribution < 1.29 is 14.3 Å². The molecule has 0 saturated heterocycles. The Balaban J connectivity index is 0. The predicted octanol–water partition coefficient (Wildman–Crippen LogP) is 3.88. The minimum Gasteiger partial charge on any atom is -0.453 e. The lowest BCUT2D eigenvalue weighted by Gasteiger charge is -2.05. The number of hydrogen-bond acceptors (Lipinski definition) is 3. The molecule has 0 spiro atoms. The summed E-state index contributed by atoms with van der Waals surface area (Å²) in [5, 5.41) is 5.11. The molecule has 1 aromatic carbocycles. The summed E-state index contributed by atoms with van der Waals surface area (Å²) in [6.45, 7) is 9.43. The highest BCUT2D eigenvalue weighted by Crippen LogP contribution is 2.13. The van der Waals surface area contributed by atoms with Crippen molar-refractivity contribution in [3.8, 4) is 0 Å². The summed E-state index contributed by atoms with van der Waals surface area (Å²) < 4.78 is 4.43. The third-order valence-corrected chi connectivity index (χ3v) is 1.64. The molecule has 1 rings (SSSR count). The zero-order chi connectivity index (χ0) is 15.3. The maximum absolute atomic E-state index is 10.8.